The second kappa shape index (κ2) is 4.88. The number of thiazole rings is 1. The van der Waals surface area contributed by atoms with Gasteiger partial charge in [0.15, 0.2) is 5.13 Å². The summed E-state index contributed by atoms with van der Waals surface area (Å²) >= 11 is 1.71. The summed E-state index contributed by atoms with van der Waals surface area (Å²) in [5, 5.41) is 10.2. The Kier molecular flexibility index (Phi) is 3.24. The highest BCUT2D eigenvalue weighted by Crippen LogP contribution is 2.39. The number of carboxylic acid groups (broad SMARTS) is 1. The maximum absolute atomic E-state index is 11.2. The van der Waals surface area contributed by atoms with Crippen molar-refractivity contribution >= 4 is 22.4 Å². The summed E-state index contributed by atoms with van der Waals surface area (Å²) in [6.45, 7) is 2.15. The van der Waals surface area contributed by atoms with Gasteiger partial charge in [-0.2, -0.15) is 0 Å². The summed E-state index contributed by atoms with van der Waals surface area (Å²) in [4.78, 5) is 19.3. The van der Waals surface area contributed by atoms with E-state index in [4.69, 9.17) is 0 Å². The minimum absolute atomic E-state index is 0.364. The van der Waals surface area contributed by atoms with Crippen molar-refractivity contribution in [1.82, 2.24) is 4.98 Å². The van der Waals surface area contributed by atoms with Crippen LogP contribution in [-0.4, -0.2) is 29.1 Å². The predicted molar refractivity (Wildman–Crippen MR) is 71.5 cm³/mol. The number of hydrogen-bond donors (Lipinski definition) is 1. The van der Waals surface area contributed by atoms with E-state index >= 15 is 0 Å². The largest absolute Gasteiger partial charge is 0.481 e. The molecule has 0 aromatic carbocycles. The van der Waals surface area contributed by atoms with Crippen LogP contribution >= 0.6 is 11.3 Å². The van der Waals surface area contributed by atoms with Crippen LogP contribution in [0.4, 0.5) is 5.13 Å². The lowest BCUT2D eigenvalue weighted by Crippen LogP contribution is -2.23. The Morgan fingerprint density at radius 3 is 2.67 bits per heavy atom. The molecule has 5 heteroatoms. The van der Waals surface area contributed by atoms with Crippen molar-refractivity contribution in [2.45, 2.75) is 44.4 Å². The fraction of sp³-hybridized carbons (Fsp3) is 0.692. The molecule has 0 bridgehead atoms. The first kappa shape index (κ1) is 12.0. The first-order chi connectivity index (χ1) is 8.75. The fourth-order valence-corrected chi connectivity index (χ4v) is 4.04. The predicted octanol–water partition coefficient (Wildman–Crippen LogP) is 2.64. The molecule has 2 aliphatic rings. The van der Waals surface area contributed by atoms with Crippen molar-refractivity contribution in [2.24, 2.45) is 0 Å². The van der Waals surface area contributed by atoms with E-state index < -0.39 is 5.97 Å². The van der Waals surface area contributed by atoms with Crippen molar-refractivity contribution in [3.8, 4) is 0 Å². The van der Waals surface area contributed by atoms with Crippen LogP contribution in [0.25, 0.3) is 0 Å². The second-order valence-electron chi connectivity index (χ2n) is 5.14. The fourth-order valence-electron chi connectivity index (χ4n) is 2.85. The molecule has 0 spiro atoms. The highest BCUT2D eigenvalue weighted by molar-refractivity contribution is 7.15. The molecule has 1 N–H and O–H groups in total. The third-order valence-electron chi connectivity index (χ3n) is 3.88. The van der Waals surface area contributed by atoms with Crippen LogP contribution in [0, 0.1) is 0 Å². The van der Waals surface area contributed by atoms with E-state index in [1.54, 1.807) is 11.3 Å². The quantitative estimate of drug-likeness (QED) is 0.894. The molecule has 98 valence electrons. The van der Waals surface area contributed by atoms with Gasteiger partial charge in [0, 0.05) is 18.0 Å². The molecule has 4 nitrogen and oxygen atoms in total. The number of rotatable bonds is 2. The molecular formula is C13H18N2O2S. The number of aryl methyl sites for hydroxylation is 1. The molecule has 18 heavy (non-hydrogen) atoms. The van der Waals surface area contributed by atoms with Gasteiger partial charge in [-0.1, -0.05) is 12.8 Å². The Balaban J connectivity index is 1.82. The highest BCUT2D eigenvalue weighted by Gasteiger charge is 2.33. The number of aromatic nitrogens is 1. The zero-order valence-corrected chi connectivity index (χ0v) is 11.2. The number of aliphatic carboxylic acids is 1. The molecule has 1 atom stereocenters. The minimum atomic E-state index is -0.721. The molecular weight excluding hydrogens is 248 g/mol. The van der Waals surface area contributed by atoms with Crippen molar-refractivity contribution in [1.29, 1.82) is 0 Å². The van der Waals surface area contributed by atoms with E-state index in [1.807, 2.05) is 0 Å². The summed E-state index contributed by atoms with van der Waals surface area (Å²) < 4.78 is 0. The van der Waals surface area contributed by atoms with Crippen molar-refractivity contribution in [3.05, 3.63) is 10.6 Å². The SMILES string of the molecule is O=C(O)C1CCc2sc(N3CCCCCC3)nc21. The third kappa shape index (κ3) is 2.11. The van der Waals surface area contributed by atoms with Crippen LogP contribution in [-0.2, 0) is 11.2 Å². The minimum Gasteiger partial charge on any atom is -0.481 e. The smallest absolute Gasteiger partial charge is 0.312 e. The van der Waals surface area contributed by atoms with E-state index in [9.17, 15) is 9.90 Å². The lowest BCUT2D eigenvalue weighted by atomic mass is 10.1. The van der Waals surface area contributed by atoms with Crippen molar-refractivity contribution in [3.63, 3.8) is 0 Å². The topological polar surface area (TPSA) is 53.4 Å². The molecule has 0 amide bonds. The molecule has 1 aromatic heterocycles. The standard InChI is InChI=1S/C13H18N2O2S/c16-12(17)9-5-6-10-11(9)14-13(18-10)15-7-3-1-2-4-8-15/h9H,1-8H2,(H,16,17). The summed E-state index contributed by atoms with van der Waals surface area (Å²) in [5.41, 5.74) is 0.840. The van der Waals surface area contributed by atoms with Gasteiger partial charge >= 0.3 is 5.97 Å². The van der Waals surface area contributed by atoms with Gasteiger partial charge in [-0.05, 0) is 25.7 Å². The Morgan fingerprint density at radius 1 is 1.28 bits per heavy atom. The lowest BCUT2D eigenvalue weighted by Gasteiger charge is -2.18. The molecule has 0 radical (unpaired) electrons. The number of carboxylic acids is 1. The van der Waals surface area contributed by atoms with Crippen LogP contribution in [0.15, 0.2) is 0 Å². The summed E-state index contributed by atoms with van der Waals surface area (Å²) in [7, 11) is 0. The van der Waals surface area contributed by atoms with E-state index in [2.05, 4.69) is 9.88 Å². The van der Waals surface area contributed by atoms with Gasteiger partial charge in [0.05, 0.1) is 5.69 Å². The monoisotopic (exact) mass is 266 g/mol. The van der Waals surface area contributed by atoms with Crippen LogP contribution in [0.1, 0.15) is 48.6 Å². The average Bonchev–Trinajstić information content (AvgIpc) is 2.79. The van der Waals surface area contributed by atoms with Gasteiger partial charge in [-0.3, -0.25) is 4.79 Å². The maximum Gasteiger partial charge on any atom is 0.312 e. The zero-order valence-electron chi connectivity index (χ0n) is 10.4. The van der Waals surface area contributed by atoms with Gasteiger partial charge in [-0.25, -0.2) is 4.98 Å². The van der Waals surface area contributed by atoms with E-state index in [0.717, 1.165) is 36.8 Å². The summed E-state index contributed by atoms with van der Waals surface area (Å²) in [6.07, 6.45) is 6.68. The van der Waals surface area contributed by atoms with E-state index in [1.165, 1.54) is 30.6 Å². The molecule has 3 rings (SSSR count). The molecule has 1 aromatic rings. The van der Waals surface area contributed by atoms with Crippen molar-refractivity contribution in [2.75, 3.05) is 18.0 Å². The van der Waals surface area contributed by atoms with Gasteiger partial charge in [0.25, 0.3) is 0 Å². The van der Waals surface area contributed by atoms with Gasteiger partial charge in [0.1, 0.15) is 5.92 Å². The number of nitrogens with zero attached hydrogens (tertiary/aromatic N) is 2. The molecule has 0 saturated carbocycles. The van der Waals surface area contributed by atoms with Gasteiger partial charge < -0.3 is 10.0 Å². The molecule has 1 unspecified atom stereocenters. The second-order valence-corrected chi connectivity index (χ2v) is 6.20. The number of carbonyl (C=O) groups is 1. The number of hydrogen-bond acceptors (Lipinski definition) is 4. The van der Waals surface area contributed by atoms with Crippen molar-refractivity contribution < 1.29 is 9.90 Å². The Bertz CT molecular complexity index is 450. The normalized spacial score (nSPS) is 23.8. The zero-order chi connectivity index (χ0) is 12.5. The first-order valence-electron chi connectivity index (χ1n) is 6.73. The van der Waals surface area contributed by atoms with Gasteiger partial charge in [-0.15, -0.1) is 11.3 Å². The average molecular weight is 266 g/mol. The van der Waals surface area contributed by atoms with Gasteiger partial charge in [0.2, 0.25) is 0 Å². The molecule has 1 saturated heterocycles. The summed E-state index contributed by atoms with van der Waals surface area (Å²) in [6, 6.07) is 0. The van der Waals surface area contributed by atoms with Crippen LogP contribution < -0.4 is 4.90 Å². The Labute approximate surface area is 111 Å². The third-order valence-corrected chi connectivity index (χ3v) is 5.07. The van der Waals surface area contributed by atoms with E-state index in [0.29, 0.717) is 0 Å². The van der Waals surface area contributed by atoms with Crippen LogP contribution in [0.2, 0.25) is 0 Å². The Hall–Kier alpha value is -1.10. The lowest BCUT2D eigenvalue weighted by molar-refractivity contribution is -0.138. The number of fused-ring (bicyclic) bond motifs is 1. The first-order valence-corrected chi connectivity index (χ1v) is 7.54. The summed E-state index contributed by atoms with van der Waals surface area (Å²) in [5.74, 6) is -1.08. The van der Waals surface area contributed by atoms with E-state index in [-0.39, 0.29) is 5.92 Å². The molecule has 1 fully saturated rings. The highest BCUT2D eigenvalue weighted by atomic mass is 32.1. The molecule has 1 aliphatic heterocycles. The van der Waals surface area contributed by atoms with Crippen LogP contribution in [0.3, 0.4) is 0 Å². The Morgan fingerprint density at radius 2 is 2.00 bits per heavy atom. The molecule has 1 aliphatic carbocycles. The molecule has 2 heterocycles. The maximum atomic E-state index is 11.2. The van der Waals surface area contributed by atoms with Crippen LogP contribution in [0.5, 0.6) is 0 Å². The number of anilines is 1.